The zero-order valence-corrected chi connectivity index (χ0v) is 18.2. The van der Waals surface area contributed by atoms with Crippen LogP contribution in [0.1, 0.15) is 40.1 Å². The minimum absolute atomic E-state index is 0.0109. The Hall–Kier alpha value is -2.45. The monoisotopic (exact) mass is 463 g/mol. The Morgan fingerprint density at radius 1 is 1.11 bits per heavy atom. The molecular weight excluding hydrogens is 442 g/mol. The van der Waals surface area contributed by atoms with Gasteiger partial charge < -0.3 is 4.74 Å². The molecule has 0 aromatic heterocycles. The van der Waals surface area contributed by atoms with Gasteiger partial charge in [0, 0.05) is 11.1 Å². The number of nitrogens with one attached hydrogen (secondary N) is 3. The highest BCUT2D eigenvalue weighted by Crippen LogP contribution is 2.26. The molecular formula is C20H22BrN3O3S. The number of thiocarbonyl (C=S) groups is 1. The summed E-state index contributed by atoms with van der Waals surface area (Å²) in [6.45, 7) is 6.53. The molecule has 0 radical (unpaired) electrons. The fourth-order valence-corrected chi connectivity index (χ4v) is 2.87. The molecule has 0 saturated carbocycles. The molecule has 0 unspecified atom stereocenters. The van der Waals surface area contributed by atoms with Crippen LogP contribution < -0.4 is 20.9 Å². The molecule has 148 valence electrons. The van der Waals surface area contributed by atoms with Gasteiger partial charge in [-0.25, -0.2) is 0 Å². The summed E-state index contributed by atoms with van der Waals surface area (Å²) >= 11 is 8.47. The zero-order valence-electron chi connectivity index (χ0n) is 15.8. The number of amides is 2. The van der Waals surface area contributed by atoms with E-state index in [1.807, 2.05) is 19.1 Å². The highest BCUT2D eigenvalue weighted by Gasteiger charge is 2.13. The van der Waals surface area contributed by atoms with Gasteiger partial charge in [0.1, 0.15) is 5.75 Å². The summed E-state index contributed by atoms with van der Waals surface area (Å²) in [5.41, 5.74) is 6.76. The Balaban J connectivity index is 1.90. The zero-order chi connectivity index (χ0) is 20.7. The van der Waals surface area contributed by atoms with Crippen molar-refractivity contribution in [2.75, 3.05) is 6.61 Å². The number of rotatable bonds is 5. The van der Waals surface area contributed by atoms with E-state index in [9.17, 15) is 9.59 Å². The predicted octanol–water partition coefficient (Wildman–Crippen LogP) is 3.74. The van der Waals surface area contributed by atoms with Crippen LogP contribution in [0.3, 0.4) is 0 Å². The molecule has 0 aliphatic rings. The molecule has 2 aromatic rings. The molecule has 0 aliphatic carbocycles. The van der Waals surface area contributed by atoms with Crippen LogP contribution in [0.2, 0.25) is 0 Å². The fourth-order valence-electron chi connectivity index (χ4n) is 2.23. The molecule has 0 saturated heterocycles. The summed E-state index contributed by atoms with van der Waals surface area (Å²) in [4.78, 5) is 24.5. The summed E-state index contributed by atoms with van der Waals surface area (Å²) < 4.78 is 6.34. The molecule has 2 aromatic carbocycles. The maximum atomic E-state index is 12.3. The molecule has 0 spiro atoms. The van der Waals surface area contributed by atoms with Gasteiger partial charge in [0.25, 0.3) is 11.8 Å². The molecule has 0 atom stereocenters. The molecule has 6 nitrogen and oxygen atoms in total. The van der Waals surface area contributed by atoms with Crippen molar-refractivity contribution in [3.63, 3.8) is 0 Å². The van der Waals surface area contributed by atoms with Crippen LogP contribution in [0.4, 0.5) is 0 Å². The van der Waals surface area contributed by atoms with E-state index >= 15 is 0 Å². The summed E-state index contributed by atoms with van der Waals surface area (Å²) in [6, 6.07) is 12.2. The first-order valence-electron chi connectivity index (χ1n) is 8.67. The van der Waals surface area contributed by atoms with Gasteiger partial charge in [-0.3, -0.25) is 25.8 Å². The van der Waals surface area contributed by atoms with Crippen LogP contribution in [-0.2, 0) is 0 Å². The summed E-state index contributed by atoms with van der Waals surface area (Å²) in [6.07, 6.45) is 0. The SMILES string of the molecule is Cc1ccccc1C(=O)NNC(=S)NC(=O)c1ccc(OCC(C)C)c(Br)c1. The average molecular weight is 464 g/mol. The fraction of sp³-hybridized carbons (Fsp3) is 0.250. The van der Waals surface area contributed by atoms with Crippen LogP contribution in [0, 0.1) is 12.8 Å². The number of hydrazine groups is 1. The minimum Gasteiger partial charge on any atom is -0.492 e. The van der Waals surface area contributed by atoms with E-state index in [0.717, 1.165) is 5.56 Å². The second-order valence-electron chi connectivity index (χ2n) is 6.53. The van der Waals surface area contributed by atoms with Crippen LogP contribution in [-0.4, -0.2) is 23.5 Å². The second kappa shape index (κ2) is 10.2. The van der Waals surface area contributed by atoms with Crippen LogP contribution >= 0.6 is 28.1 Å². The molecule has 0 bridgehead atoms. The Morgan fingerprint density at radius 2 is 1.82 bits per heavy atom. The third-order valence-electron chi connectivity index (χ3n) is 3.67. The average Bonchev–Trinajstić information content (AvgIpc) is 2.65. The van der Waals surface area contributed by atoms with Crippen molar-refractivity contribution in [3.05, 3.63) is 63.6 Å². The van der Waals surface area contributed by atoms with Gasteiger partial charge in [-0.05, 0) is 70.8 Å². The smallest absolute Gasteiger partial charge is 0.269 e. The van der Waals surface area contributed by atoms with E-state index in [4.69, 9.17) is 17.0 Å². The van der Waals surface area contributed by atoms with Gasteiger partial charge in [-0.1, -0.05) is 32.0 Å². The first-order chi connectivity index (χ1) is 13.3. The lowest BCUT2D eigenvalue weighted by atomic mass is 10.1. The number of ether oxygens (including phenoxy) is 1. The third kappa shape index (κ3) is 6.31. The first kappa shape index (κ1) is 21.8. The van der Waals surface area contributed by atoms with Gasteiger partial charge in [0.15, 0.2) is 5.11 Å². The van der Waals surface area contributed by atoms with E-state index in [1.54, 1.807) is 30.3 Å². The van der Waals surface area contributed by atoms with Crippen molar-refractivity contribution in [1.82, 2.24) is 16.2 Å². The van der Waals surface area contributed by atoms with Gasteiger partial charge in [0.05, 0.1) is 11.1 Å². The maximum absolute atomic E-state index is 12.3. The Labute approximate surface area is 178 Å². The highest BCUT2D eigenvalue weighted by molar-refractivity contribution is 9.10. The number of aryl methyl sites for hydroxylation is 1. The van der Waals surface area contributed by atoms with Gasteiger partial charge in [0.2, 0.25) is 0 Å². The van der Waals surface area contributed by atoms with E-state index in [0.29, 0.717) is 33.9 Å². The van der Waals surface area contributed by atoms with Crippen molar-refractivity contribution in [3.8, 4) is 5.75 Å². The number of benzene rings is 2. The molecule has 3 N–H and O–H groups in total. The molecule has 8 heteroatoms. The Bertz CT molecular complexity index is 887. The molecule has 2 amide bonds. The summed E-state index contributed by atoms with van der Waals surface area (Å²) in [5, 5.41) is 2.51. The number of carbonyl (C=O) groups is 2. The van der Waals surface area contributed by atoms with Crippen molar-refractivity contribution in [2.24, 2.45) is 5.92 Å². The quantitative estimate of drug-likeness (QED) is 0.464. The van der Waals surface area contributed by atoms with Crippen LogP contribution in [0.5, 0.6) is 5.75 Å². The Kier molecular flexibility index (Phi) is 7.95. The number of carbonyl (C=O) groups excluding carboxylic acids is 2. The van der Waals surface area contributed by atoms with E-state index in [-0.39, 0.29) is 11.0 Å². The van der Waals surface area contributed by atoms with Crippen LogP contribution in [0.25, 0.3) is 0 Å². The van der Waals surface area contributed by atoms with Gasteiger partial charge >= 0.3 is 0 Å². The van der Waals surface area contributed by atoms with Crippen molar-refractivity contribution >= 4 is 45.1 Å². The van der Waals surface area contributed by atoms with E-state index in [2.05, 4.69) is 45.9 Å². The van der Waals surface area contributed by atoms with Gasteiger partial charge in [-0.2, -0.15) is 0 Å². The predicted molar refractivity (Wildman–Crippen MR) is 116 cm³/mol. The minimum atomic E-state index is -0.404. The lowest BCUT2D eigenvalue weighted by molar-refractivity contribution is 0.0934. The normalized spacial score (nSPS) is 10.3. The van der Waals surface area contributed by atoms with Gasteiger partial charge in [-0.15, -0.1) is 0 Å². The van der Waals surface area contributed by atoms with Crippen molar-refractivity contribution < 1.29 is 14.3 Å². The summed E-state index contributed by atoms with van der Waals surface area (Å²) in [7, 11) is 0. The number of hydrogen-bond donors (Lipinski definition) is 3. The topological polar surface area (TPSA) is 79.5 Å². The lowest BCUT2D eigenvalue weighted by Crippen LogP contribution is -2.48. The third-order valence-corrected chi connectivity index (χ3v) is 4.50. The molecule has 0 fully saturated rings. The largest absolute Gasteiger partial charge is 0.492 e. The van der Waals surface area contributed by atoms with Crippen molar-refractivity contribution in [2.45, 2.75) is 20.8 Å². The second-order valence-corrected chi connectivity index (χ2v) is 7.79. The number of hydrogen-bond acceptors (Lipinski definition) is 4. The molecule has 0 aliphatic heterocycles. The maximum Gasteiger partial charge on any atom is 0.269 e. The highest BCUT2D eigenvalue weighted by atomic mass is 79.9. The molecule has 2 rings (SSSR count). The first-order valence-corrected chi connectivity index (χ1v) is 9.87. The Morgan fingerprint density at radius 3 is 2.46 bits per heavy atom. The lowest BCUT2D eigenvalue weighted by Gasteiger charge is -2.13. The van der Waals surface area contributed by atoms with E-state index < -0.39 is 5.91 Å². The standard InChI is InChI=1S/C20H22BrN3O3S/c1-12(2)11-27-17-9-8-14(10-16(17)21)18(25)22-20(28)24-23-19(26)15-7-5-4-6-13(15)3/h4-10,12H,11H2,1-3H3,(H,23,26)(H2,22,24,25,28). The van der Waals surface area contributed by atoms with Crippen LogP contribution in [0.15, 0.2) is 46.9 Å². The van der Waals surface area contributed by atoms with E-state index in [1.165, 1.54) is 0 Å². The van der Waals surface area contributed by atoms with Crippen molar-refractivity contribution in [1.29, 1.82) is 0 Å². The molecule has 28 heavy (non-hydrogen) atoms. The number of halogens is 1. The molecule has 0 heterocycles. The summed E-state index contributed by atoms with van der Waals surface area (Å²) in [5.74, 6) is 0.313.